The van der Waals surface area contributed by atoms with E-state index in [4.69, 9.17) is 9.47 Å². The van der Waals surface area contributed by atoms with Crippen LogP contribution in [0.15, 0.2) is 28.7 Å². The number of fused-ring (bicyclic) bond motifs is 1. The fraction of sp³-hybridized carbons (Fsp3) is 0.474. The molecular formula is C19H21BrN2O3. The van der Waals surface area contributed by atoms with E-state index in [2.05, 4.69) is 26.2 Å². The van der Waals surface area contributed by atoms with Gasteiger partial charge in [-0.1, -0.05) is 22.0 Å². The molecule has 1 N–H and O–H groups in total. The Hall–Kier alpha value is -1.50. The molecule has 1 aliphatic carbocycles. The molecule has 1 saturated carbocycles. The van der Waals surface area contributed by atoms with Crippen molar-refractivity contribution >= 4 is 32.7 Å². The van der Waals surface area contributed by atoms with Gasteiger partial charge in [-0.25, -0.2) is 0 Å². The Kier molecular flexibility index (Phi) is 4.52. The van der Waals surface area contributed by atoms with Crippen molar-refractivity contribution in [1.29, 1.82) is 0 Å². The average Bonchev–Trinajstić information content (AvgIpc) is 3.01. The van der Waals surface area contributed by atoms with Crippen LogP contribution in [-0.4, -0.2) is 35.9 Å². The number of nitrogens with zero attached hydrogens (tertiary/aromatic N) is 1. The number of carbonyl (C=O) groups is 1. The second kappa shape index (κ2) is 6.67. The summed E-state index contributed by atoms with van der Waals surface area (Å²) in [7, 11) is 0. The molecule has 132 valence electrons. The first-order valence-electron chi connectivity index (χ1n) is 8.70. The van der Waals surface area contributed by atoms with Gasteiger partial charge in [0.2, 0.25) is 0 Å². The van der Waals surface area contributed by atoms with Crippen molar-refractivity contribution in [2.75, 3.05) is 13.2 Å². The highest BCUT2D eigenvalue weighted by molar-refractivity contribution is 9.10. The summed E-state index contributed by atoms with van der Waals surface area (Å²) in [5, 5.41) is 4.05. The van der Waals surface area contributed by atoms with Gasteiger partial charge in [0, 0.05) is 34.4 Å². The Bertz CT molecular complexity index is 812. The molecule has 6 heteroatoms. The van der Waals surface area contributed by atoms with Crippen LogP contribution in [0.25, 0.3) is 10.9 Å². The first-order chi connectivity index (χ1) is 12.0. The molecule has 2 aliphatic rings. The number of halogens is 1. The normalized spacial score (nSPS) is 22.4. The number of ether oxygens (including phenoxy) is 2. The third kappa shape index (κ3) is 3.43. The molecule has 1 aromatic heterocycles. The van der Waals surface area contributed by atoms with Crippen LogP contribution in [0.5, 0.6) is 0 Å². The molecular weight excluding hydrogens is 384 g/mol. The van der Waals surface area contributed by atoms with Crippen molar-refractivity contribution in [3.63, 3.8) is 0 Å². The van der Waals surface area contributed by atoms with E-state index in [1.165, 1.54) is 0 Å². The minimum atomic E-state index is -0.489. The van der Waals surface area contributed by atoms with E-state index in [0.717, 1.165) is 40.3 Å². The van der Waals surface area contributed by atoms with Crippen molar-refractivity contribution in [3.05, 3.63) is 40.0 Å². The van der Waals surface area contributed by atoms with Crippen LogP contribution in [0.3, 0.4) is 0 Å². The van der Waals surface area contributed by atoms with Crippen LogP contribution in [0.1, 0.15) is 41.7 Å². The number of nitrogens with one attached hydrogen (secondary N) is 1. The maximum absolute atomic E-state index is 12.9. The van der Waals surface area contributed by atoms with Crippen molar-refractivity contribution < 1.29 is 14.3 Å². The second-order valence-corrected chi connectivity index (χ2v) is 7.76. The Balaban J connectivity index is 1.58. The molecule has 2 heterocycles. The quantitative estimate of drug-likeness (QED) is 0.828. The summed E-state index contributed by atoms with van der Waals surface area (Å²) in [5.74, 6) is -0.546. The van der Waals surface area contributed by atoms with E-state index >= 15 is 0 Å². The lowest BCUT2D eigenvalue weighted by Gasteiger charge is -2.36. The SMILES string of the molecule is Cc1cc(C(=O)N[C@@H]2CCCC3(C2)OCCO3)c2ccc(Br)cc2n1. The van der Waals surface area contributed by atoms with Crippen LogP contribution in [0.4, 0.5) is 0 Å². The molecule has 1 atom stereocenters. The molecule has 1 amide bonds. The number of carbonyl (C=O) groups excluding carboxylic acids is 1. The van der Waals surface area contributed by atoms with Crippen LogP contribution in [0, 0.1) is 6.92 Å². The van der Waals surface area contributed by atoms with Crippen molar-refractivity contribution in [1.82, 2.24) is 10.3 Å². The minimum Gasteiger partial charge on any atom is -0.349 e. The second-order valence-electron chi connectivity index (χ2n) is 6.85. The standard InChI is InChI=1S/C19H21BrN2O3/c1-12-9-16(15-5-4-13(20)10-17(15)21-12)18(23)22-14-3-2-6-19(11-14)24-7-8-25-19/h4-5,9-10,14H,2-3,6-8,11H2,1H3,(H,22,23)/t14-/m1/s1. The number of aryl methyl sites for hydroxylation is 1. The van der Waals surface area contributed by atoms with E-state index in [-0.39, 0.29) is 11.9 Å². The molecule has 0 unspecified atom stereocenters. The van der Waals surface area contributed by atoms with Gasteiger partial charge in [0.05, 0.1) is 24.3 Å². The van der Waals surface area contributed by atoms with E-state index in [1.54, 1.807) is 0 Å². The number of benzene rings is 1. The summed E-state index contributed by atoms with van der Waals surface area (Å²) in [6.45, 7) is 3.19. The predicted octanol–water partition coefficient (Wildman–Crippen LogP) is 3.72. The monoisotopic (exact) mass is 404 g/mol. The molecule has 5 nitrogen and oxygen atoms in total. The maximum Gasteiger partial charge on any atom is 0.252 e. The van der Waals surface area contributed by atoms with Crippen molar-refractivity contribution in [2.45, 2.75) is 44.4 Å². The number of pyridine rings is 1. The van der Waals surface area contributed by atoms with Crippen molar-refractivity contribution in [2.24, 2.45) is 0 Å². The highest BCUT2D eigenvalue weighted by Gasteiger charge is 2.41. The fourth-order valence-electron chi connectivity index (χ4n) is 3.86. The zero-order valence-corrected chi connectivity index (χ0v) is 15.8. The lowest BCUT2D eigenvalue weighted by Crippen LogP contribution is -2.46. The minimum absolute atomic E-state index is 0.0575. The molecule has 0 radical (unpaired) electrons. The molecule has 2 aromatic rings. The van der Waals surface area contributed by atoms with Gasteiger partial charge in [0.25, 0.3) is 5.91 Å². The lowest BCUT2D eigenvalue weighted by atomic mass is 9.89. The molecule has 4 rings (SSSR count). The van der Waals surface area contributed by atoms with Gasteiger partial charge in [0.1, 0.15) is 0 Å². The summed E-state index contributed by atoms with van der Waals surface area (Å²) >= 11 is 3.46. The Morgan fingerprint density at radius 2 is 2.12 bits per heavy atom. The molecule has 1 saturated heterocycles. The Labute approximate surface area is 155 Å². The van der Waals surface area contributed by atoms with Gasteiger partial charge in [-0.2, -0.15) is 0 Å². The first kappa shape index (κ1) is 16.9. The van der Waals surface area contributed by atoms with Gasteiger partial charge in [-0.15, -0.1) is 0 Å². The summed E-state index contributed by atoms with van der Waals surface area (Å²) in [6, 6.07) is 7.73. The van der Waals surface area contributed by atoms with Crippen LogP contribution in [-0.2, 0) is 9.47 Å². The number of amides is 1. The molecule has 1 aliphatic heterocycles. The zero-order chi connectivity index (χ0) is 17.4. The highest BCUT2D eigenvalue weighted by Crippen LogP contribution is 2.36. The van der Waals surface area contributed by atoms with Crippen LogP contribution in [0.2, 0.25) is 0 Å². The average molecular weight is 405 g/mol. The van der Waals surface area contributed by atoms with Gasteiger partial charge in [-0.05, 0) is 38.0 Å². The first-order valence-corrected chi connectivity index (χ1v) is 9.50. The van der Waals surface area contributed by atoms with E-state index in [9.17, 15) is 4.79 Å². The number of rotatable bonds is 2. The van der Waals surface area contributed by atoms with Crippen LogP contribution < -0.4 is 5.32 Å². The van der Waals surface area contributed by atoms with Crippen molar-refractivity contribution in [3.8, 4) is 0 Å². The zero-order valence-electron chi connectivity index (χ0n) is 14.2. The Morgan fingerprint density at radius 1 is 1.32 bits per heavy atom. The molecule has 25 heavy (non-hydrogen) atoms. The Morgan fingerprint density at radius 3 is 2.92 bits per heavy atom. The molecule has 1 spiro atoms. The molecule has 2 fully saturated rings. The maximum atomic E-state index is 12.9. The van der Waals surface area contributed by atoms with E-state index in [1.807, 2.05) is 31.2 Å². The fourth-order valence-corrected chi connectivity index (χ4v) is 4.21. The summed E-state index contributed by atoms with van der Waals surface area (Å²) in [4.78, 5) is 17.5. The van der Waals surface area contributed by atoms with Gasteiger partial charge in [0.15, 0.2) is 5.79 Å². The summed E-state index contributed by atoms with van der Waals surface area (Å²) in [5.41, 5.74) is 2.32. The molecule has 0 bridgehead atoms. The lowest BCUT2D eigenvalue weighted by molar-refractivity contribution is -0.181. The third-order valence-electron chi connectivity index (χ3n) is 4.96. The molecule has 1 aromatic carbocycles. The smallest absolute Gasteiger partial charge is 0.252 e. The van der Waals surface area contributed by atoms with E-state index < -0.39 is 5.79 Å². The van der Waals surface area contributed by atoms with Gasteiger partial charge >= 0.3 is 0 Å². The predicted molar refractivity (Wildman–Crippen MR) is 98.5 cm³/mol. The largest absolute Gasteiger partial charge is 0.349 e. The topological polar surface area (TPSA) is 60.5 Å². The summed E-state index contributed by atoms with van der Waals surface area (Å²) in [6.07, 6.45) is 3.57. The number of hydrogen-bond donors (Lipinski definition) is 1. The van der Waals surface area contributed by atoms with Gasteiger partial charge in [-0.3, -0.25) is 9.78 Å². The third-order valence-corrected chi connectivity index (χ3v) is 5.45. The number of hydrogen-bond acceptors (Lipinski definition) is 4. The van der Waals surface area contributed by atoms with Crippen LogP contribution >= 0.6 is 15.9 Å². The summed E-state index contributed by atoms with van der Waals surface area (Å²) < 4.78 is 12.6. The number of aromatic nitrogens is 1. The highest BCUT2D eigenvalue weighted by atomic mass is 79.9. The van der Waals surface area contributed by atoms with E-state index in [0.29, 0.717) is 25.2 Å². The van der Waals surface area contributed by atoms with Gasteiger partial charge < -0.3 is 14.8 Å².